The first-order valence-electron chi connectivity index (χ1n) is 6.65. The Balaban J connectivity index is 1.69. The van der Waals surface area contributed by atoms with Crippen molar-refractivity contribution in [2.75, 3.05) is 13.2 Å². The predicted octanol–water partition coefficient (Wildman–Crippen LogP) is 2.57. The molecule has 0 radical (unpaired) electrons. The van der Waals surface area contributed by atoms with Crippen molar-refractivity contribution in [1.29, 1.82) is 5.26 Å². The molecule has 104 valence electrons. The van der Waals surface area contributed by atoms with Gasteiger partial charge in [-0.25, -0.2) is 0 Å². The lowest BCUT2D eigenvalue weighted by Gasteiger charge is -2.05. The van der Waals surface area contributed by atoms with Crippen molar-refractivity contribution in [1.82, 2.24) is 0 Å². The lowest BCUT2D eigenvalue weighted by Crippen LogP contribution is -2.05. The molecule has 0 N–H and O–H groups in total. The van der Waals surface area contributed by atoms with E-state index in [1.807, 2.05) is 6.07 Å². The van der Waals surface area contributed by atoms with Crippen LogP contribution >= 0.6 is 0 Å². The molecule has 0 amide bonds. The fourth-order valence-corrected chi connectivity index (χ4v) is 1.92. The highest BCUT2D eigenvalue weighted by molar-refractivity contribution is 6.09. The zero-order valence-corrected chi connectivity index (χ0v) is 11.3. The third-order valence-electron chi connectivity index (χ3n) is 3.23. The molecule has 0 aromatic heterocycles. The largest absolute Gasteiger partial charge is 0.491 e. The van der Waals surface area contributed by atoms with Crippen LogP contribution in [0.15, 0.2) is 48.5 Å². The van der Waals surface area contributed by atoms with Crippen LogP contribution in [0.25, 0.3) is 0 Å². The van der Waals surface area contributed by atoms with E-state index in [9.17, 15) is 4.79 Å². The number of nitrogens with zero attached hydrogens (tertiary/aromatic N) is 1. The zero-order valence-electron chi connectivity index (χ0n) is 11.3. The van der Waals surface area contributed by atoms with Gasteiger partial charge in [0.2, 0.25) is 0 Å². The van der Waals surface area contributed by atoms with E-state index in [-0.39, 0.29) is 11.9 Å². The van der Waals surface area contributed by atoms with Gasteiger partial charge in [-0.1, -0.05) is 0 Å². The number of ketones is 1. The molecule has 4 heteroatoms. The third kappa shape index (κ3) is 3.28. The van der Waals surface area contributed by atoms with Gasteiger partial charge in [-0.15, -0.1) is 0 Å². The van der Waals surface area contributed by atoms with Gasteiger partial charge in [0.25, 0.3) is 0 Å². The standard InChI is InChI=1S/C17H13NO3/c18-9-12-1-3-13(4-2-12)17(19)14-5-7-15(8-6-14)20-10-16-11-21-16/h1-8,16H,10-11H2. The van der Waals surface area contributed by atoms with Crippen LogP contribution in [0.4, 0.5) is 0 Å². The maximum Gasteiger partial charge on any atom is 0.193 e. The molecule has 1 atom stereocenters. The number of hydrogen-bond acceptors (Lipinski definition) is 4. The number of carbonyl (C=O) groups excluding carboxylic acids is 1. The summed E-state index contributed by atoms with van der Waals surface area (Å²) in [4.78, 5) is 12.3. The van der Waals surface area contributed by atoms with Gasteiger partial charge in [0.1, 0.15) is 18.5 Å². The molecule has 1 unspecified atom stereocenters. The van der Waals surface area contributed by atoms with E-state index in [1.54, 1.807) is 48.5 Å². The first kappa shape index (κ1) is 13.3. The van der Waals surface area contributed by atoms with E-state index >= 15 is 0 Å². The van der Waals surface area contributed by atoms with Crippen molar-refractivity contribution >= 4 is 5.78 Å². The normalized spacial score (nSPS) is 16.0. The van der Waals surface area contributed by atoms with Gasteiger partial charge >= 0.3 is 0 Å². The van der Waals surface area contributed by atoms with Gasteiger partial charge in [-0.05, 0) is 48.5 Å². The monoisotopic (exact) mass is 279 g/mol. The molecule has 0 spiro atoms. The summed E-state index contributed by atoms with van der Waals surface area (Å²) in [5, 5.41) is 8.75. The maximum atomic E-state index is 12.3. The van der Waals surface area contributed by atoms with Crippen LogP contribution in [0.3, 0.4) is 0 Å². The van der Waals surface area contributed by atoms with Gasteiger partial charge in [0, 0.05) is 11.1 Å². The highest BCUT2D eigenvalue weighted by atomic mass is 16.6. The Kier molecular flexibility index (Phi) is 3.67. The highest BCUT2D eigenvalue weighted by Gasteiger charge is 2.23. The minimum atomic E-state index is -0.0726. The molecule has 1 saturated heterocycles. The van der Waals surface area contributed by atoms with Crippen molar-refractivity contribution in [2.24, 2.45) is 0 Å². The molecule has 2 aromatic carbocycles. The van der Waals surface area contributed by atoms with Gasteiger partial charge in [-0.3, -0.25) is 4.79 Å². The average molecular weight is 279 g/mol. The molecule has 1 aliphatic heterocycles. The Hall–Kier alpha value is -2.64. The van der Waals surface area contributed by atoms with Crippen molar-refractivity contribution in [3.05, 3.63) is 65.2 Å². The van der Waals surface area contributed by atoms with E-state index in [0.717, 1.165) is 12.4 Å². The Morgan fingerprint density at radius 1 is 1.14 bits per heavy atom. The van der Waals surface area contributed by atoms with E-state index in [4.69, 9.17) is 14.7 Å². The number of epoxide rings is 1. The maximum absolute atomic E-state index is 12.3. The van der Waals surface area contributed by atoms with Crippen molar-refractivity contribution < 1.29 is 14.3 Å². The number of carbonyl (C=O) groups is 1. The summed E-state index contributed by atoms with van der Waals surface area (Å²) in [5.41, 5.74) is 1.70. The van der Waals surface area contributed by atoms with Crippen LogP contribution in [0, 0.1) is 11.3 Å². The van der Waals surface area contributed by atoms with E-state index in [2.05, 4.69) is 0 Å². The lowest BCUT2D eigenvalue weighted by molar-refractivity contribution is 0.103. The number of hydrogen-bond donors (Lipinski definition) is 0. The second-order valence-corrected chi connectivity index (χ2v) is 4.81. The van der Waals surface area contributed by atoms with Gasteiger partial charge in [-0.2, -0.15) is 5.26 Å². The first-order chi connectivity index (χ1) is 10.3. The van der Waals surface area contributed by atoms with Crippen LogP contribution in [-0.4, -0.2) is 25.1 Å². The Morgan fingerprint density at radius 2 is 1.71 bits per heavy atom. The second kappa shape index (κ2) is 5.78. The van der Waals surface area contributed by atoms with Gasteiger partial charge < -0.3 is 9.47 Å². The minimum Gasteiger partial charge on any atom is -0.491 e. The number of rotatable bonds is 5. The molecule has 1 heterocycles. The molecule has 4 nitrogen and oxygen atoms in total. The zero-order chi connectivity index (χ0) is 14.7. The lowest BCUT2D eigenvalue weighted by atomic mass is 10.0. The summed E-state index contributed by atoms with van der Waals surface area (Å²) in [5.74, 6) is 0.651. The molecular formula is C17H13NO3. The molecule has 0 aliphatic carbocycles. The Morgan fingerprint density at radius 3 is 2.24 bits per heavy atom. The summed E-state index contributed by atoms with van der Waals surface area (Å²) in [6.45, 7) is 1.30. The van der Waals surface area contributed by atoms with Crippen LogP contribution < -0.4 is 4.74 Å². The third-order valence-corrected chi connectivity index (χ3v) is 3.23. The summed E-state index contributed by atoms with van der Waals surface area (Å²) in [6, 6.07) is 15.7. The summed E-state index contributed by atoms with van der Waals surface area (Å²) < 4.78 is 10.6. The van der Waals surface area contributed by atoms with Crippen LogP contribution in [-0.2, 0) is 4.74 Å². The quantitative estimate of drug-likeness (QED) is 0.623. The topological polar surface area (TPSA) is 62.6 Å². The highest BCUT2D eigenvalue weighted by Crippen LogP contribution is 2.18. The van der Waals surface area contributed by atoms with Gasteiger partial charge in [0.15, 0.2) is 5.78 Å². The van der Waals surface area contributed by atoms with Crippen molar-refractivity contribution in [3.8, 4) is 11.8 Å². The number of nitriles is 1. The molecule has 21 heavy (non-hydrogen) atoms. The van der Waals surface area contributed by atoms with Crippen molar-refractivity contribution in [2.45, 2.75) is 6.10 Å². The summed E-state index contributed by atoms with van der Waals surface area (Å²) in [6.07, 6.45) is 0.213. The average Bonchev–Trinajstić information content (AvgIpc) is 3.37. The van der Waals surface area contributed by atoms with Crippen LogP contribution in [0.5, 0.6) is 5.75 Å². The van der Waals surface area contributed by atoms with Gasteiger partial charge in [0.05, 0.1) is 18.2 Å². The second-order valence-electron chi connectivity index (χ2n) is 4.81. The summed E-state index contributed by atoms with van der Waals surface area (Å²) >= 11 is 0. The van der Waals surface area contributed by atoms with E-state index in [0.29, 0.717) is 23.3 Å². The van der Waals surface area contributed by atoms with E-state index in [1.165, 1.54) is 0 Å². The fourth-order valence-electron chi connectivity index (χ4n) is 1.92. The molecule has 1 fully saturated rings. The fraction of sp³-hybridized carbons (Fsp3) is 0.176. The molecule has 0 saturated carbocycles. The number of ether oxygens (including phenoxy) is 2. The smallest absolute Gasteiger partial charge is 0.193 e. The molecule has 3 rings (SSSR count). The van der Waals surface area contributed by atoms with Crippen LogP contribution in [0.2, 0.25) is 0 Å². The Labute approximate surface area is 122 Å². The van der Waals surface area contributed by atoms with Crippen LogP contribution in [0.1, 0.15) is 21.5 Å². The molecule has 1 aliphatic rings. The molecule has 2 aromatic rings. The molecular weight excluding hydrogens is 266 g/mol. The predicted molar refractivity (Wildman–Crippen MR) is 76.3 cm³/mol. The first-order valence-corrected chi connectivity index (χ1v) is 6.65. The SMILES string of the molecule is N#Cc1ccc(C(=O)c2ccc(OCC3CO3)cc2)cc1. The Bertz CT molecular complexity index is 679. The minimum absolute atomic E-state index is 0.0726. The van der Waals surface area contributed by atoms with Crippen molar-refractivity contribution in [3.63, 3.8) is 0 Å². The molecule has 0 bridgehead atoms. The number of benzene rings is 2. The van der Waals surface area contributed by atoms with E-state index < -0.39 is 0 Å². The summed E-state index contributed by atoms with van der Waals surface area (Å²) in [7, 11) is 0.